The first-order chi connectivity index (χ1) is 10.1. The molecule has 0 atom stereocenters. The summed E-state index contributed by atoms with van der Waals surface area (Å²) in [6, 6.07) is 4.35. The molecule has 3 nitrogen and oxygen atoms in total. The van der Waals surface area contributed by atoms with Gasteiger partial charge in [0.25, 0.3) is 0 Å². The summed E-state index contributed by atoms with van der Waals surface area (Å²) >= 11 is 1.83. The van der Waals surface area contributed by atoms with Gasteiger partial charge in [0.2, 0.25) is 0 Å². The SMILES string of the molecule is Cc1cc(C)c(OCCc2nc3c(s2)CNCC3)c(C)c1. The van der Waals surface area contributed by atoms with Crippen LogP contribution in [-0.2, 0) is 19.4 Å². The van der Waals surface area contributed by atoms with Crippen LogP contribution in [0.3, 0.4) is 0 Å². The van der Waals surface area contributed by atoms with Crippen LogP contribution in [0.4, 0.5) is 0 Å². The zero-order valence-corrected chi connectivity index (χ0v) is 13.8. The Morgan fingerprint density at radius 2 is 2.00 bits per heavy atom. The molecule has 0 unspecified atom stereocenters. The number of thiazole rings is 1. The van der Waals surface area contributed by atoms with E-state index < -0.39 is 0 Å². The molecule has 1 N–H and O–H groups in total. The number of benzene rings is 1. The molecule has 0 fully saturated rings. The predicted molar refractivity (Wildman–Crippen MR) is 87.4 cm³/mol. The van der Waals surface area contributed by atoms with Crippen molar-refractivity contribution in [3.8, 4) is 5.75 Å². The van der Waals surface area contributed by atoms with Crippen molar-refractivity contribution in [1.29, 1.82) is 0 Å². The fraction of sp³-hybridized carbons (Fsp3) is 0.471. The summed E-state index contributed by atoms with van der Waals surface area (Å²) in [5.41, 5.74) is 5.01. The van der Waals surface area contributed by atoms with E-state index in [1.54, 1.807) is 0 Å². The van der Waals surface area contributed by atoms with Crippen molar-refractivity contribution in [1.82, 2.24) is 10.3 Å². The van der Waals surface area contributed by atoms with Gasteiger partial charge in [-0.15, -0.1) is 11.3 Å². The Morgan fingerprint density at radius 3 is 2.71 bits per heavy atom. The summed E-state index contributed by atoms with van der Waals surface area (Å²) in [5, 5.41) is 4.60. The van der Waals surface area contributed by atoms with Gasteiger partial charge in [0.15, 0.2) is 0 Å². The zero-order valence-electron chi connectivity index (χ0n) is 13.0. The number of rotatable bonds is 4. The molecule has 3 rings (SSSR count). The quantitative estimate of drug-likeness (QED) is 0.940. The van der Waals surface area contributed by atoms with Crippen molar-refractivity contribution < 1.29 is 4.74 Å². The fourth-order valence-electron chi connectivity index (χ4n) is 2.92. The normalized spacial score (nSPS) is 14.0. The van der Waals surface area contributed by atoms with Crippen LogP contribution in [0.1, 0.15) is 32.3 Å². The van der Waals surface area contributed by atoms with E-state index in [2.05, 4.69) is 38.2 Å². The molecule has 0 spiro atoms. The Kier molecular flexibility index (Phi) is 4.27. The van der Waals surface area contributed by atoms with Gasteiger partial charge in [-0.1, -0.05) is 17.7 Å². The molecule has 1 aliphatic rings. The first-order valence-electron chi connectivity index (χ1n) is 7.52. The Labute approximate surface area is 130 Å². The number of nitrogens with one attached hydrogen (secondary N) is 1. The summed E-state index contributed by atoms with van der Waals surface area (Å²) in [5.74, 6) is 1.03. The monoisotopic (exact) mass is 302 g/mol. The molecule has 0 bridgehead atoms. The van der Waals surface area contributed by atoms with Gasteiger partial charge >= 0.3 is 0 Å². The molecule has 1 aromatic carbocycles. The van der Waals surface area contributed by atoms with Crippen molar-refractivity contribution >= 4 is 11.3 Å². The van der Waals surface area contributed by atoms with Crippen LogP contribution in [0.15, 0.2) is 12.1 Å². The van der Waals surface area contributed by atoms with E-state index in [-0.39, 0.29) is 0 Å². The largest absolute Gasteiger partial charge is 0.493 e. The molecule has 0 radical (unpaired) electrons. The Morgan fingerprint density at radius 1 is 1.24 bits per heavy atom. The second-order valence-corrected chi connectivity index (χ2v) is 6.90. The standard InChI is InChI=1S/C17H22N2OS/c1-11-8-12(2)17(13(3)9-11)20-7-5-16-19-14-4-6-18-10-15(14)21-16/h8-9,18H,4-7,10H2,1-3H3. The molecule has 21 heavy (non-hydrogen) atoms. The minimum Gasteiger partial charge on any atom is -0.493 e. The lowest BCUT2D eigenvalue weighted by Crippen LogP contribution is -2.22. The third kappa shape index (κ3) is 3.27. The van der Waals surface area contributed by atoms with Crippen LogP contribution < -0.4 is 10.1 Å². The topological polar surface area (TPSA) is 34.1 Å². The highest BCUT2D eigenvalue weighted by molar-refractivity contribution is 7.11. The number of hydrogen-bond donors (Lipinski definition) is 1. The lowest BCUT2D eigenvalue weighted by atomic mass is 10.1. The zero-order chi connectivity index (χ0) is 14.8. The highest BCUT2D eigenvalue weighted by atomic mass is 32.1. The first-order valence-corrected chi connectivity index (χ1v) is 8.34. The second kappa shape index (κ2) is 6.16. The molecule has 4 heteroatoms. The summed E-state index contributed by atoms with van der Waals surface area (Å²) in [4.78, 5) is 6.14. The Bertz CT molecular complexity index is 602. The second-order valence-electron chi connectivity index (χ2n) is 5.73. The Hall–Kier alpha value is -1.39. The van der Waals surface area contributed by atoms with E-state index in [1.807, 2.05) is 11.3 Å². The van der Waals surface area contributed by atoms with E-state index in [4.69, 9.17) is 9.72 Å². The van der Waals surface area contributed by atoms with Gasteiger partial charge in [-0.25, -0.2) is 4.98 Å². The maximum atomic E-state index is 6.01. The molecule has 2 heterocycles. The maximum absolute atomic E-state index is 6.01. The van der Waals surface area contributed by atoms with Crippen molar-refractivity contribution in [2.24, 2.45) is 0 Å². The molecule has 0 amide bonds. The first kappa shape index (κ1) is 14.5. The van der Waals surface area contributed by atoms with Crippen LogP contribution in [0.25, 0.3) is 0 Å². The van der Waals surface area contributed by atoms with E-state index in [9.17, 15) is 0 Å². The molecule has 2 aromatic rings. The van der Waals surface area contributed by atoms with E-state index in [0.29, 0.717) is 6.61 Å². The number of nitrogens with zero attached hydrogens (tertiary/aromatic N) is 1. The maximum Gasteiger partial charge on any atom is 0.125 e. The van der Waals surface area contributed by atoms with Gasteiger partial charge in [0, 0.05) is 30.8 Å². The molecule has 112 valence electrons. The van der Waals surface area contributed by atoms with Crippen LogP contribution in [0.2, 0.25) is 0 Å². The summed E-state index contributed by atoms with van der Waals surface area (Å²) in [6.45, 7) is 9.08. The number of aryl methyl sites for hydroxylation is 3. The summed E-state index contributed by atoms with van der Waals surface area (Å²) in [6.07, 6.45) is 1.95. The Balaban J connectivity index is 1.62. The number of fused-ring (bicyclic) bond motifs is 1. The summed E-state index contributed by atoms with van der Waals surface area (Å²) in [7, 11) is 0. The minimum absolute atomic E-state index is 0.699. The molecule has 0 saturated heterocycles. The van der Waals surface area contributed by atoms with Gasteiger partial charge in [0.1, 0.15) is 5.75 Å². The third-order valence-corrected chi connectivity index (χ3v) is 4.97. The highest BCUT2D eigenvalue weighted by Gasteiger charge is 2.14. The predicted octanol–water partition coefficient (Wildman–Crippen LogP) is 3.34. The molecular formula is C17H22N2OS. The molecule has 0 aliphatic carbocycles. The molecular weight excluding hydrogens is 280 g/mol. The van der Waals surface area contributed by atoms with E-state index in [0.717, 1.165) is 31.7 Å². The minimum atomic E-state index is 0.699. The van der Waals surface area contributed by atoms with E-state index >= 15 is 0 Å². The van der Waals surface area contributed by atoms with Crippen molar-refractivity contribution in [2.75, 3.05) is 13.2 Å². The van der Waals surface area contributed by atoms with Crippen LogP contribution in [0.5, 0.6) is 5.75 Å². The van der Waals surface area contributed by atoms with Crippen molar-refractivity contribution in [2.45, 2.75) is 40.2 Å². The van der Waals surface area contributed by atoms with Crippen LogP contribution >= 0.6 is 11.3 Å². The van der Waals surface area contributed by atoms with Crippen molar-refractivity contribution in [3.05, 3.63) is 44.4 Å². The number of aromatic nitrogens is 1. The molecule has 1 aliphatic heterocycles. The van der Waals surface area contributed by atoms with Gasteiger partial charge in [-0.05, 0) is 31.9 Å². The molecule has 0 saturated carbocycles. The lowest BCUT2D eigenvalue weighted by molar-refractivity contribution is 0.317. The third-order valence-electron chi connectivity index (χ3n) is 3.81. The van der Waals surface area contributed by atoms with Gasteiger partial charge in [-0.3, -0.25) is 0 Å². The summed E-state index contributed by atoms with van der Waals surface area (Å²) < 4.78 is 6.01. The lowest BCUT2D eigenvalue weighted by Gasteiger charge is -2.12. The van der Waals surface area contributed by atoms with Gasteiger partial charge in [-0.2, -0.15) is 0 Å². The highest BCUT2D eigenvalue weighted by Crippen LogP contribution is 2.26. The van der Waals surface area contributed by atoms with Crippen LogP contribution in [-0.4, -0.2) is 18.1 Å². The van der Waals surface area contributed by atoms with Gasteiger partial charge in [0.05, 0.1) is 17.3 Å². The van der Waals surface area contributed by atoms with Crippen molar-refractivity contribution in [3.63, 3.8) is 0 Å². The van der Waals surface area contributed by atoms with Crippen LogP contribution in [0, 0.1) is 20.8 Å². The average Bonchev–Trinajstić information content (AvgIpc) is 2.84. The number of ether oxygens (including phenoxy) is 1. The molecule has 1 aromatic heterocycles. The number of hydrogen-bond acceptors (Lipinski definition) is 4. The average molecular weight is 302 g/mol. The van der Waals surface area contributed by atoms with E-state index in [1.165, 1.54) is 32.3 Å². The van der Waals surface area contributed by atoms with Gasteiger partial charge < -0.3 is 10.1 Å². The fourth-order valence-corrected chi connectivity index (χ4v) is 3.99. The smallest absolute Gasteiger partial charge is 0.125 e.